The summed E-state index contributed by atoms with van der Waals surface area (Å²) in [5.41, 5.74) is 2.84. The molecule has 112 valence electrons. The van der Waals surface area contributed by atoms with E-state index in [1.807, 2.05) is 0 Å². The number of aryl methyl sites for hydroxylation is 1. The smallest absolute Gasteiger partial charge is 0.0449 e. The highest BCUT2D eigenvalue weighted by Gasteiger charge is 2.18. The SMILES string of the molecule is CCNC(CN1CCN(C)CC1)c1ccc(CC)cc1. The summed E-state index contributed by atoms with van der Waals surface area (Å²) in [6.45, 7) is 11.3. The molecule has 1 fully saturated rings. The number of nitrogens with zero attached hydrogens (tertiary/aromatic N) is 2. The van der Waals surface area contributed by atoms with Gasteiger partial charge >= 0.3 is 0 Å². The Kier molecular flexibility index (Phi) is 6.02. The topological polar surface area (TPSA) is 18.5 Å². The Balaban J connectivity index is 1.98. The van der Waals surface area contributed by atoms with E-state index in [1.54, 1.807) is 0 Å². The van der Waals surface area contributed by atoms with E-state index in [2.05, 4.69) is 60.3 Å². The summed E-state index contributed by atoms with van der Waals surface area (Å²) in [6.07, 6.45) is 1.12. The fraction of sp³-hybridized carbons (Fsp3) is 0.647. The van der Waals surface area contributed by atoms with Crippen molar-refractivity contribution in [2.24, 2.45) is 0 Å². The Bertz CT molecular complexity index is 380. The molecule has 1 atom stereocenters. The summed E-state index contributed by atoms with van der Waals surface area (Å²) in [5, 5.41) is 3.64. The molecule has 0 aromatic heterocycles. The Labute approximate surface area is 124 Å². The van der Waals surface area contributed by atoms with Crippen LogP contribution in [-0.2, 0) is 6.42 Å². The second kappa shape index (κ2) is 7.77. The summed E-state index contributed by atoms with van der Waals surface area (Å²) in [6, 6.07) is 9.58. The summed E-state index contributed by atoms with van der Waals surface area (Å²) < 4.78 is 0. The fourth-order valence-electron chi connectivity index (χ4n) is 2.81. The summed E-state index contributed by atoms with van der Waals surface area (Å²) >= 11 is 0. The van der Waals surface area contributed by atoms with Crippen LogP contribution in [0.5, 0.6) is 0 Å². The maximum Gasteiger partial charge on any atom is 0.0449 e. The molecule has 1 unspecified atom stereocenters. The minimum atomic E-state index is 0.453. The molecule has 3 heteroatoms. The van der Waals surface area contributed by atoms with Gasteiger partial charge in [0.2, 0.25) is 0 Å². The van der Waals surface area contributed by atoms with Crippen molar-refractivity contribution < 1.29 is 0 Å². The van der Waals surface area contributed by atoms with Gasteiger partial charge in [-0.15, -0.1) is 0 Å². The fourth-order valence-corrected chi connectivity index (χ4v) is 2.81. The van der Waals surface area contributed by atoms with Gasteiger partial charge in [0.25, 0.3) is 0 Å². The molecule has 0 amide bonds. The second-order valence-electron chi connectivity index (χ2n) is 5.81. The zero-order valence-electron chi connectivity index (χ0n) is 13.2. The summed E-state index contributed by atoms with van der Waals surface area (Å²) in [4.78, 5) is 5.00. The standard InChI is InChI=1S/C17H29N3/c1-4-15-6-8-16(9-7-15)17(18-5-2)14-20-12-10-19(3)11-13-20/h6-9,17-18H,4-5,10-14H2,1-3H3. The molecule has 1 heterocycles. The van der Waals surface area contributed by atoms with Crippen LogP contribution in [0.4, 0.5) is 0 Å². The lowest BCUT2D eigenvalue weighted by Crippen LogP contribution is -2.47. The molecule has 0 bridgehead atoms. The Morgan fingerprint density at radius 1 is 1.05 bits per heavy atom. The predicted octanol–water partition coefficient (Wildman–Crippen LogP) is 2.15. The van der Waals surface area contributed by atoms with Crippen LogP contribution in [0.25, 0.3) is 0 Å². The minimum absolute atomic E-state index is 0.453. The zero-order valence-corrected chi connectivity index (χ0v) is 13.2. The van der Waals surface area contributed by atoms with Gasteiger partial charge in [0, 0.05) is 38.8 Å². The number of piperazine rings is 1. The van der Waals surface area contributed by atoms with E-state index in [0.717, 1.165) is 19.5 Å². The normalized spacial score (nSPS) is 19.1. The maximum absolute atomic E-state index is 3.64. The lowest BCUT2D eigenvalue weighted by molar-refractivity contribution is 0.142. The van der Waals surface area contributed by atoms with Gasteiger partial charge < -0.3 is 10.2 Å². The van der Waals surface area contributed by atoms with E-state index in [-0.39, 0.29) is 0 Å². The third-order valence-electron chi connectivity index (χ3n) is 4.28. The second-order valence-corrected chi connectivity index (χ2v) is 5.81. The molecule has 3 nitrogen and oxygen atoms in total. The van der Waals surface area contributed by atoms with Crippen molar-refractivity contribution in [3.8, 4) is 0 Å². The summed E-state index contributed by atoms with van der Waals surface area (Å²) in [7, 11) is 2.21. The number of benzene rings is 1. The highest BCUT2D eigenvalue weighted by atomic mass is 15.3. The van der Waals surface area contributed by atoms with Crippen molar-refractivity contribution >= 4 is 0 Å². The first kappa shape index (κ1) is 15.5. The van der Waals surface area contributed by atoms with E-state index in [4.69, 9.17) is 0 Å². The molecular formula is C17H29N3. The van der Waals surface area contributed by atoms with Gasteiger partial charge in [-0.05, 0) is 31.1 Å². The number of nitrogens with one attached hydrogen (secondary N) is 1. The molecular weight excluding hydrogens is 246 g/mol. The van der Waals surface area contributed by atoms with Crippen LogP contribution in [-0.4, -0.2) is 56.1 Å². The zero-order chi connectivity index (χ0) is 14.4. The molecule has 1 N–H and O–H groups in total. The molecule has 1 aliphatic rings. The van der Waals surface area contributed by atoms with Gasteiger partial charge in [-0.2, -0.15) is 0 Å². The first-order valence-corrected chi connectivity index (χ1v) is 7.96. The number of hydrogen-bond donors (Lipinski definition) is 1. The number of hydrogen-bond acceptors (Lipinski definition) is 3. The molecule has 0 radical (unpaired) electrons. The van der Waals surface area contributed by atoms with Gasteiger partial charge in [-0.3, -0.25) is 4.90 Å². The molecule has 20 heavy (non-hydrogen) atoms. The van der Waals surface area contributed by atoms with E-state index >= 15 is 0 Å². The van der Waals surface area contributed by atoms with Crippen molar-refractivity contribution in [3.63, 3.8) is 0 Å². The van der Waals surface area contributed by atoms with Crippen LogP contribution in [0.15, 0.2) is 24.3 Å². The van der Waals surface area contributed by atoms with Gasteiger partial charge in [-0.1, -0.05) is 38.1 Å². The molecule has 1 aromatic rings. The lowest BCUT2D eigenvalue weighted by atomic mass is 10.0. The molecule has 2 rings (SSSR count). The third kappa shape index (κ3) is 4.30. The largest absolute Gasteiger partial charge is 0.309 e. The van der Waals surface area contributed by atoms with Crippen molar-refractivity contribution in [2.45, 2.75) is 26.3 Å². The van der Waals surface area contributed by atoms with Gasteiger partial charge in [0.05, 0.1) is 0 Å². The van der Waals surface area contributed by atoms with E-state index in [0.29, 0.717) is 6.04 Å². The third-order valence-corrected chi connectivity index (χ3v) is 4.28. The van der Waals surface area contributed by atoms with Crippen LogP contribution in [0, 0.1) is 0 Å². The first-order valence-electron chi connectivity index (χ1n) is 7.96. The lowest BCUT2D eigenvalue weighted by Gasteiger charge is -2.35. The number of rotatable bonds is 6. The summed E-state index contributed by atoms with van der Waals surface area (Å²) in [5.74, 6) is 0. The van der Waals surface area contributed by atoms with Crippen LogP contribution < -0.4 is 5.32 Å². The molecule has 0 spiro atoms. The Hall–Kier alpha value is -0.900. The van der Waals surface area contributed by atoms with Crippen LogP contribution in [0.3, 0.4) is 0 Å². The van der Waals surface area contributed by atoms with Gasteiger partial charge in [0.15, 0.2) is 0 Å². The molecule has 0 saturated carbocycles. The van der Waals surface area contributed by atoms with Crippen molar-refractivity contribution in [3.05, 3.63) is 35.4 Å². The average Bonchev–Trinajstić information content (AvgIpc) is 2.49. The minimum Gasteiger partial charge on any atom is -0.309 e. The maximum atomic E-state index is 3.64. The van der Waals surface area contributed by atoms with Crippen molar-refractivity contribution in [2.75, 3.05) is 46.3 Å². The Morgan fingerprint density at radius 3 is 2.25 bits per heavy atom. The highest BCUT2D eigenvalue weighted by Crippen LogP contribution is 2.16. The van der Waals surface area contributed by atoms with Crippen LogP contribution >= 0.6 is 0 Å². The van der Waals surface area contributed by atoms with Crippen LogP contribution in [0.2, 0.25) is 0 Å². The molecule has 1 saturated heterocycles. The first-order chi connectivity index (χ1) is 9.72. The number of likely N-dealkylation sites (N-methyl/N-ethyl adjacent to an activating group) is 2. The Morgan fingerprint density at radius 2 is 1.70 bits per heavy atom. The van der Waals surface area contributed by atoms with Crippen molar-refractivity contribution in [1.29, 1.82) is 0 Å². The van der Waals surface area contributed by atoms with Gasteiger partial charge in [-0.25, -0.2) is 0 Å². The van der Waals surface area contributed by atoms with E-state index in [9.17, 15) is 0 Å². The molecule has 1 aliphatic heterocycles. The monoisotopic (exact) mass is 275 g/mol. The predicted molar refractivity (Wildman–Crippen MR) is 86.2 cm³/mol. The average molecular weight is 275 g/mol. The van der Waals surface area contributed by atoms with Gasteiger partial charge in [0.1, 0.15) is 0 Å². The van der Waals surface area contributed by atoms with Crippen LogP contribution in [0.1, 0.15) is 31.0 Å². The van der Waals surface area contributed by atoms with E-state index < -0.39 is 0 Å². The molecule has 1 aromatic carbocycles. The van der Waals surface area contributed by atoms with E-state index in [1.165, 1.54) is 37.3 Å². The molecule has 0 aliphatic carbocycles. The quantitative estimate of drug-likeness (QED) is 0.858. The highest BCUT2D eigenvalue weighted by molar-refractivity contribution is 5.25. The van der Waals surface area contributed by atoms with Crippen molar-refractivity contribution in [1.82, 2.24) is 15.1 Å².